The van der Waals surface area contributed by atoms with Crippen LogP contribution >= 0.6 is 0 Å². The van der Waals surface area contributed by atoms with Crippen molar-refractivity contribution in [3.8, 4) is 0 Å². The van der Waals surface area contributed by atoms with Gasteiger partial charge in [0.05, 0.1) is 0 Å². The SMILES string of the molecule is CC(C)n1cnnc1C1CCNC1. The number of aromatic nitrogens is 3. The maximum Gasteiger partial charge on any atom is 0.137 e. The van der Waals surface area contributed by atoms with Crippen LogP contribution < -0.4 is 5.32 Å². The first-order valence-electron chi connectivity index (χ1n) is 4.89. The van der Waals surface area contributed by atoms with Gasteiger partial charge in [0, 0.05) is 18.5 Å². The molecule has 0 aliphatic carbocycles. The topological polar surface area (TPSA) is 42.7 Å². The molecule has 4 heteroatoms. The molecular weight excluding hydrogens is 164 g/mol. The van der Waals surface area contributed by atoms with Crippen molar-refractivity contribution in [2.45, 2.75) is 32.2 Å². The summed E-state index contributed by atoms with van der Waals surface area (Å²) in [5.41, 5.74) is 0. The van der Waals surface area contributed by atoms with Crippen LogP contribution in [0.3, 0.4) is 0 Å². The van der Waals surface area contributed by atoms with Gasteiger partial charge in [0.2, 0.25) is 0 Å². The Morgan fingerprint density at radius 2 is 2.46 bits per heavy atom. The highest BCUT2D eigenvalue weighted by molar-refractivity contribution is 5.01. The van der Waals surface area contributed by atoms with E-state index in [0.717, 1.165) is 18.9 Å². The zero-order chi connectivity index (χ0) is 9.26. The molecule has 0 aromatic carbocycles. The minimum Gasteiger partial charge on any atom is -0.316 e. The fourth-order valence-corrected chi connectivity index (χ4v) is 1.82. The van der Waals surface area contributed by atoms with Gasteiger partial charge in [-0.1, -0.05) is 0 Å². The van der Waals surface area contributed by atoms with E-state index in [1.807, 2.05) is 6.33 Å². The minimum atomic E-state index is 0.464. The molecule has 2 heterocycles. The molecule has 0 saturated carbocycles. The van der Waals surface area contributed by atoms with Crippen molar-refractivity contribution in [1.82, 2.24) is 20.1 Å². The molecule has 0 bridgehead atoms. The highest BCUT2D eigenvalue weighted by Crippen LogP contribution is 2.22. The fourth-order valence-electron chi connectivity index (χ4n) is 1.82. The highest BCUT2D eigenvalue weighted by atomic mass is 15.3. The molecule has 1 aliphatic rings. The monoisotopic (exact) mass is 180 g/mol. The van der Waals surface area contributed by atoms with Gasteiger partial charge < -0.3 is 9.88 Å². The van der Waals surface area contributed by atoms with Crippen molar-refractivity contribution in [3.05, 3.63) is 12.2 Å². The first-order valence-corrected chi connectivity index (χ1v) is 4.89. The molecule has 0 radical (unpaired) electrons. The summed E-state index contributed by atoms with van der Waals surface area (Å²) in [7, 11) is 0. The summed E-state index contributed by atoms with van der Waals surface area (Å²) in [4.78, 5) is 0. The predicted octanol–water partition coefficient (Wildman–Crippen LogP) is 0.936. The molecule has 2 rings (SSSR count). The summed E-state index contributed by atoms with van der Waals surface area (Å²) in [5.74, 6) is 1.70. The van der Waals surface area contributed by atoms with Crippen LogP contribution in [0.25, 0.3) is 0 Å². The molecule has 1 atom stereocenters. The summed E-state index contributed by atoms with van der Waals surface area (Å²) in [5, 5.41) is 11.5. The number of nitrogens with one attached hydrogen (secondary N) is 1. The standard InChI is InChI=1S/C9H16N4/c1-7(2)13-6-11-12-9(13)8-3-4-10-5-8/h6-8,10H,3-5H2,1-2H3. The molecule has 1 unspecified atom stereocenters. The Labute approximate surface area is 78.4 Å². The van der Waals surface area contributed by atoms with Crippen molar-refractivity contribution in [3.63, 3.8) is 0 Å². The van der Waals surface area contributed by atoms with E-state index in [4.69, 9.17) is 0 Å². The van der Waals surface area contributed by atoms with Gasteiger partial charge in [0.15, 0.2) is 0 Å². The quantitative estimate of drug-likeness (QED) is 0.736. The van der Waals surface area contributed by atoms with Crippen LogP contribution in [0.15, 0.2) is 6.33 Å². The Kier molecular flexibility index (Phi) is 2.31. The van der Waals surface area contributed by atoms with E-state index in [1.165, 1.54) is 6.42 Å². The Bertz CT molecular complexity index is 273. The molecule has 1 aromatic rings. The maximum absolute atomic E-state index is 4.19. The minimum absolute atomic E-state index is 0.464. The third kappa shape index (κ3) is 1.58. The number of hydrogen-bond donors (Lipinski definition) is 1. The zero-order valence-electron chi connectivity index (χ0n) is 8.20. The molecule has 1 aromatic heterocycles. The van der Waals surface area contributed by atoms with Crippen LogP contribution in [0.2, 0.25) is 0 Å². The average Bonchev–Trinajstić information content (AvgIpc) is 2.74. The van der Waals surface area contributed by atoms with E-state index in [1.54, 1.807) is 0 Å². The Hall–Kier alpha value is -0.900. The smallest absolute Gasteiger partial charge is 0.137 e. The summed E-state index contributed by atoms with van der Waals surface area (Å²) >= 11 is 0. The second-order valence-electron chi connectivity index (χ2n) is 3.88. The molecule has 1 fully saturated rings. The lowest BCUT2D eigenvalue weighted by Gasteiger charge is -2.13. The van der Waals surface area contributed by atoms with Gasteiger partial charge >= 0.3 is 0 Å². The third-order valence-electron chi connectivity index (χ3n) is 2.58. The van der Waals surface area contributed by atoms with Crippen LogP contribution in [0, 0.1) is 0 Å². The van der Waals surface area contributed by atoms with Crippen molar-refractivity contribution < 1.29 is 0 Å². The Balaban J connectivity index is 2.23. The van der Waals surface area contributed by atoms with Crippen molar-refractivity contribution in [2.75, 3.05) is 13.1 Å². The molecular formula is C9H16N4. The molecule has 0 amide bonds. The summed E-state index contributed by atoms with van der Waals surface area (Å²) < 4.78 is 2.16. The summed E-state index contributed by atoms with van der Waals surface area (Å²) in [6, 6.07) is 0.464. The van der Waals surface area contributed by atoms with E-state index >= 15 is 0 Å². The lowest BCUT2D eigenvalue weighted by atomic mass is 10.1. The Morgan fingerprint density at radius 3 is 3.08 bits per heavy atom. The molecule has 1 saturated heterocycles. The number of nitrogens with zero attached hydrogens (tertiary/aromatic N) is 3. The fraction of sp³-hybridized carbons (Fsp3) is 0.778. The van der Waals surface area contributed by atoms with Crippen LogP contribution in [0.1, 0.15) is 38.1 Å². The first-order chi connectivity index (χ1) is 6.29. The van der Waals surface area contributed by atoms with Gasteiger partial charge in [-0.15, -0.1) is 10.2 Å². The van der Waals surface area contributed by atoms with E-state index in [9.17, 15) is 0 Å². The lowest BCUT2D eigenvalue weighted by molar-refractivity contribution is 0.537. The van der Waals surface area contributed by atoms with Crippen LogP contribution in [-0.4, -0.2) is 27.9 Å². The predicted molar refractivity (Wildman–Crippen MR) is 50.6 cm³/mol. The van der Waals surface area contributed by atoms with Gasteiger partial charge in [0.25, 0.3) is 0 Å². The normalized spacial score (nSPS) is 22.8. The first kappa shape index (κ1) is 8.69. The van der Waals surface area contributed by atoms with Gasteiger partial charge in [-0.2, -0.15) is 0 Å². The van der Waals surface area contributed by atoms with Crippen molar-refractivity contribution >= 4 is 0 Å². The number of hydrogen-bond acceptors (Lipinski definition) is 3. The van der Waals surface area contributed by atoms with Gasteiger partial charge in [0.1, 0.15) is 12.2 Å². The molecule has 72 valence electrons. The summed E-state index contributed by atoms with van der Waals surface area (Å²) in [6.45, 7) is 6.48. The van der Waals surface area contributed by atoms with Gasteiger partial charge in [-0.25, -0.2) is 0 Å². The molecule has 1 aliphatic heterocycles. The van der Waals surface area contributed by atoms with Crippen LogP contribution in [0.5, 0.6) is 0 Å². The number of rotatable bonds is 2. The van der Waals surface area contributed by atoms with Crippen LogP contribution in [-0.2, 0) is 0 Å². The average molecular weight is 180 g/mol. The van der Waals surface area contributed by atoms with Gasteiger partial charge in [-0.3, -0.25) is 0 Å². The lowest BCUT2D eigenvalue weighted by Crippen LogP contribution is -2.13. The highest BCUT2D eigenvalue weighted by Gasteiger charge is 2.22. The maximum atomic E-state index is 4.19. The van der Waals surface area contributed by atoms with E-state index in [0.29, 0.717) is 12.0 Å². The van der Waals surface area contributed by atoms with Gasteiger partial charge in [-0.05, 0) is 26.8 Å². The third-order valence-corrected chi connectivity index (χ3v) is 2.58. The van der Waals surface area contributed by atoms with Crippen molar-refractivity contribution in [1.29, 1.82) is 0 Å². The zero-order valence-corrected chi connectivity index (χ0v) is 8.20. The van der Waals surface area contributed by atoms with E-state index < -0.39 is 0 Å². The summed E-state index contributed by atoms with van der Waals surface area (Å²) in [6.07, 6.45) is 3.02. The van der Waals surface area contributed by atoms with E-state index in [2.05, 4.69) is 33.9 Å². The Morgan fingerprint density at radius 1 is 1.62 bits per heavy atom. The molecule has 13 heavy (non-hydrogen) atoms. The second-order valence-corrected chi connectivity index (χ2v) is 3.88. The molecule has 0 spiro atoms. The second kappa shape index (κ2) is 3.46. The van der Waals surface area contributed by atoms with Crippen LogP contribution in [0.4, 0.5) is 0 Å². The largest absolute Gasteiger partial charge is 0.316 e. The van der Waals surface area contributed by atoms with E-state index in [-0.39, 0.29) is 0 Å². The van der Waals surface area contributed by atoms with Crippen molar-refractivity contribution in [2.24, 2.45) is 0 Å². The molecule has 4 nitrogen and oxygen atoms in total. The molecule has 1 N–H and O–H groups in total.